The van der Waals surface area contributed by atoms with E-state index in [0.717, 1.165) is 44.6 Å². The van der Waals surface area contributed by atoms with Gasteiger partial charge >= 0.3 is 0 Å². The lowest BCUT2D eigenvalue weighted by atomic mass is 9.87. The average molecular weight is 380 g/mol. The number of aryl methyl sites for hydroxylation is 1. The van der Waals surface area contributed by atoms with E-state index in [1.165, 1.54) is 11.1 Å². The van der Waals surface area contributed by atoms with Crippen LogP contribution in [0.15, 0.2) is 35.9 Å². The third-order valence-corrected chi connectivity index (χ3v) is 5.44. The summed E-state index contributed by atoms with van der Waals surface area (Å²) in [5, 5.41) is 3.23. The molecule has 7 nitrogen and oxygen atoms in total. The van der Waals surface area contributed by atoms with Crippen LogP contribution >= 0.6 is 0 Å². The summed E-state index contributed by atoms with van der Waals surface area (Å²) in [5.41, 5.74) is 9.40. The molecule has 148 valence electrons. The summed E-state index contributed by atoms with van der Waals surface area (Å²) in [5.74, 6) is 1.41. The third-order valence-electron chi connectivity index (χ3n) is 5.44. The molecule has 2 aromatic rings. The first kappa shape index (κ1) is 18.8. The van der Waals surface area contributed by atoms with Crippen molar-refractivity contribution in [2.75, 3.05) is 30.7 Å². The molecular formula is C21H28N6O. The smallest absolute Gasteiger partial charge is 0.232 e. The highest BCUT2D eigenvalue weighted by atomic mass is 16.5. The van der Waals surface area contributed by atoms with Crippen LogP contribution in [0.5, 0.6) is 0 Å². The highest BCUT2D eigenvalue weighted by Crippen LogP contribution is 2.33. The van der Waals surface area contributed by atoms with Crippen LogP contribution in [0.25, 0.3) is 0 Å². The number of nitrogens with two attached hydrogens (primary N) is 1. The predicted octanol–water partition coefficient (Wildman–Crippen LogP) is 3.21. The van der Waals surface area contributed by atoms with Crippen LogP contribution in [0.1, 0.15) is 37.6 Å². The molecule has 1 fully saturated rings. The summed E-state index contributed by atoms with van der Waals surface area (Å²) in [4.78, 5) is 15.5. The second-order valence-electron chi connectivity index (χ2n) is 7.86. The van der Waals surface area contributed by atoms with E-state index in [1.54, 1.807) is 0 Å². The van der Waals surface area contributed by atoms with E-state index >= 15 is 0 Å². The van der Waals surface area contributed by atoms with Crippen LogP contribution in [0.4, 0.5) is 17.6 Å². The standard InChI is InChI=1S/C21H28N6O/c1-15-4-3-5-17(12-15)23-20-25-18(24-19(22)26-20)14-27-9-7-21(8-10-27)13-16(2)6-11-28-21/h3-5,12-13H,6-11,14H2,1-2H3,(H3,22,23,24,25,26). The Kier molecular flexibility index (Phi) is 5.28. The maximum Gasteiger partial charge on any atom is 0.232 e. The number of benzene rings is 1. The zero-order valence-electron chi connectivity index (χ0n) is 16.6. The Morgan fingerprint density at radius 1 is 1.18 bits per heavy atom. The minimum absolute atomic E-state index is 0.0746. The first-order valence-electron chi connectivity index (χ1n) is 9.88. The van der Waals surface area contributed by atoms with Crippen molar-refractivity contribution < 1.29 is 4.74 Å². The van der Waals surface area contributed by atoms with Gasteiger partial charge in [-0.05, 0) is 50.8 Å². The Hall–Kier alpha value is -2.51. The predicted molar refractivity (Wildman–Crippen MR) is 110 cm³/mol. The van der Waals surface area contributed by atoms with Crippen molar-refractivity contribution in [3.63, 3.8) is 0 Å². The average Bonchev–Trinajstić information content (AvgIpc) is 2.63. The summed E-state index contributed by atoms with van der Waals surface area (Å²) in [6.07, 6.45) is 5.38. The van der Waals surface area contributed by atoms with Gasteiger partial charge in [-0.3, -0.25) is 4.90 Å². The van der Waals surface area contributed by atoms with Gasteiger partial charge in [0.25, 0.3) is 0 Å². The first-order chi connectivity index (χ1) is 13.5. The molecule has 0 unspecified atom stereocenters. The number of ether oxygens (including phenoxy) is 1. The molecule has 7 heteroatoms. The monoisotopic (exact) mass is 380 g/mol. The van der Waals surface area contributed by atoms with Gasteiger partial charge in [0, 0.05) is 18.8 Å². The lowest BCUT2D eigenvalue weighted by Gasteiger charge is -2.42. The van der Waals surface area contributed by atoms with Crippen molar-refractivity contribution in [1.82, 2.24) is 19.9 Å². The van der Waals surface area contributed by atoms with E-state index in [0.29, 0.717) is 18.3 Å². The number of nitrogens with one attached hydrogen (secondary N) is 1. The van der Waals surface area contributed by atoms with E-state index in [2.05, 4.69) is 38.2 Å². The summed E-state index contributed by atoms with van der Waals surface area (Å²) in [6, 6.07) is 8.07. The fourth-order valence-electron chi connectivity index (χ4n) is 3.97. The molecule has 3 N–H and O–H groups in total. The van der Waals surface area contributed by atoms with Gasteiger partial charge in [0.2, 0.25) is 11.9 Å². The molecule has 0 aliphatic carbocycles. The van der Waals surface area contributed by atoms with Crippen LogP contribution in [-0.4, -0.2) is 45.1 Å². The molecule has 28 heavy (non-hydrogen) atoms. The number of anilines is 3. The number of piperidine rings is 1. The Labute approximate surface area is 166 Å². The SMILES string of the molecule is CC1=CC2(CCN(Cc3nc(N)nc(Nc4cccc(C)c4)n3)CC2)OCC1. The van der Waals surface area contributed by atoms with Crippen molar-refractivity contribution in [2.24, 2.45) is 0 Å². The largest absolute Gasteiger partial charge is 0.370 e. The summed E-state index contributed by atoms with van der Waals surface area (Å²) < 4.78 is 6.12. The van der Waals surface area contributed by atoms with Crippen LogP contribution in [-0.2, 0) is 11.3 Å². The van der Waals surface area contributed by atoms with Crippen LogP contribution in [0.3, 0.4) is 0 Å². The topological polar surface area (TPSA) is 89.2 Å². The number of aromatic nitrogens is 3. The molecular weight excluding hydrogens is 352 g/mol. The molecule has 1 spiro atoms. The van der Waals surface area contributed by atoms with E-state index in [9.17, 15) is 0 Å². The quantitative estimate of drug-likeness (QED) is 0.787. The Balaban J connectivity index is 1.41. The minimum atomic E-state index is -0.0746. The third kappa shape index (κ3) is 4.48. The molecule has 0 saturated carbocycles. The maximum absolute atomic E-state index is 6.12. The highest BCUT2D eigenvalue weighted by Gasteiger charge is 2.35. The molecule has 0 radical (unpaired) electrons. The summed E-state index contributed by atoms with van der Waals surface area (Å²) in [7, 11) is 0. The van der Waals surface area contributed by atoms with Crippen molar-refractivity contribution in [3.05, 3.63) is 47.3 Å². The second-order valence-corrected chi connectivity index (χ2v) is 7.86. The molecule has 1 aromatic carbocycles. The van der Waals surface area contributed by atoms with Crippen molar-refractivity contribution >= 4 is 17.6 Å². The molecule has 4 rings (SSSR count). The molecule has 1 saturated heterocycles. The molecule has 3 heterocycles. The van der Waals surface area contributed by atoms with Gasteiger partial charge in [-0.2, -0.15) is 15.0 Å². The molecule has 0 bridgehead atoms. The van der Waals surface area contributed by atoms with Gasteiger partial charge in [-0.25, -0.2) is 0 Å². The van der Waals surface area contributed by atoms with Crippen molar-refractivity contribution in [2.45, 2.75) is 45.3 Å². The number of nitrogen functional groups attached to an aromatic ring is 1. The number of rotatable bonds is 4. The zero-order valence-corrected chi connectivity index (χ0v) is 16.6. The Morgan fingerprint density at radius 2 is 2.00 bits per heavy atom. The van der Waals surface area contributed by atoms with Gasteiger partial charge < -0.3 is 15.8 Å². The van der Waals surface area contributed by atoms with Crippen LogP contribution in [0, 0.1) is 6.92 Å². The second kappa shape index (κ2) is 7.85. The number of hydrogen-bond acceptors (Lipinski definition) is 7. The number of likely N-dealkylation sites (tertiary alicyclic amines) is 1. The lowest BCUT2D eigenvalue weighted by Crippen LogP contribution is -2.46. The van der Waals surface area contributed by atoms with E-state index in [-0.39, 0.29) is 11.5 Å². The maximum atomic E-state index is 6.12. The van der Waals surface area contributed by atoms with Gasteiger partial charge in [0.1, 0.15) is 5.82 Å². The molecule has 1 aromatic heterocycles. The van der Waals surface area contributed by atoms with Gasteiger partial charge in [0.15, 0.2) is 0 Å². The van der Waals surface area contributed by atoms with Crippen LogP contribution in [0.2, 0.25) is 0 Å². The van der Waals surface area contributed by atoms with Crippen molar-refractivity contribution in [1.29, 1.82) is 0 Å². The summed E-state index contributed by atoms with van der Waals surface area (Å²) in [6.45, 7) is 7.65. The highest BCUT2D eigenvalue weighted by molar-refractivity contribution is 5.54. The zero-order chi connectivity index (χ0) is 19.6. The Morgan fingerprint density at radius 3 is 2.75 bits per heavy atom. The van der Waals surface area contributed by atoms with Crippen molar-refractivity contribution in [3.8, 4) is 0 Å². The van der Waals surface area contributed by atoms with E-state index in [4.69, 9.17) is 10.5 Å². The molecule has 0 atom stereocenters. The van der Waals surface area contributed by atoms with Crippen LogP contribution < -0.4 is 11.1 Å². The number of nitrogens with zero attached hydrogens (tertiary/aromatic N) is 4. The van der Waals surface area contributed by atoms with E-state index in [1.807, 2.05) is 31.2 Å². The molecule has 0 amide bonds. The first-order valence-corrected chi connectivity index (χ1v) is 9.88. The van der Waals surface area contributed by atoms with Gasteiger partial charge in [0.05, 0.1) is 18.8 Å². The van der Waals surface area contributed by atoms with Gasteiger partial charge in [-0.1, -0.05) is 23.8 Å². The molecule has 2 aliphatic heterocycles. The Bertz CT molecular complexity index is 873. The fourth-order valence-corrected chi connectivity index (χ4v) is 3.97. The fraction of sp³-hybridized carbons (Fsp3) is 0.476. The number of hydrogen-bond donors (Lipinski definition) is 2. The normalized spacial score (nSPS) is 19.4. The minimum Gasteiger partial charge on any atom is -0.370 e. The van der Waals surface area contributed by atoms with E-state index < -0.39 is 0 Å². The molecule has 2 aliphatic rings. The van der Waals surface area contributed by atoms with Gasteiger partial charge in [-0.15, -0.1) is 0 Å². The lowest BCUT2D eigenvalue weighted by molar-refractivity contribution is -0.0579. The summed E-state index contributed by atoms with van der Waals surface area (Å²) >= 11 is 0.